The third-order valence-corrected chi connectivity index (χ3v) is 7.23. The van der Waals surface area contributed by atoms with Crippen molar-refractivity contribution >= 4 is 11.8 Å². The van der Waals surface area contributed by atoms with Crippen LogP contribution in [0.3, 0.4) is 0 Å². The molecule has 5 nitrogen and oxygen atoms in total. The van der Waals surface area contributed by atoms with Gasteiger partial charge in [0.2, 0.25) is 11.8 Å². The summed E-state index contributed by atoms with van der Waals surface area (Å²) in [6.45, 7) is 1.82. The van der Waals surface area contributed by atoms with Crippen molar-refractivity contribution in [1.82, 2.24) is 15.5 Å². The molecule has 0 aromatic heterocycles. The Hall–Kier alpha value is -1.10. The molecule has 4 fully saturated rings. The van der Waals surface area contributed by atoms with E-state index in [4.69, 9.17) is 0 Å². The second-order valence-electron chi connectivity index (χ2n) is 9.18. The molecule has 2 aliphatic carbocycles. The van der Waals surface area contributed by atoms with Gasteiger partial charge in [-0.15, -0.1) is 0 Å². The number of hydrogen-bond donors (Lipinski definition) is 2. The number of likely N-dealkylation sites (tertiary alicyclic amines) is 1. The summed E-state index contributed by atoms with van der Waals surface area (Å²) >= 11 is 0. The fourth-order valence-electron chi connectivity index (χ4n) is 5.65. The third-order valence-electron chi connectivity index (χ3n) is 7.23. The van der Waals surface area contributed by atoms with Crippen molar-refractivity contribution < 1.29 is 9.59 Å². The minimum atomic E-state index is 0.176. The van der Waals surface area contributed by atoms with Crippen LogP contribution in [-0.4, -0.2) is 47.9 Å². The van der Waals surface area contributed by atoms with Crippen LogP contribution in [0.1, 0.15) is 77.0 Å². The van der Waals surface area contributed by atoms with Crippen LogP contribution >= 0.6 is 0 Å². The summed E-state index contributed by atoms with van der Waals surface area (Å²) in [6, 6.07) is 1.43. The summed E-state index contributed by atoms with van der Waals surface area (Å²) in [5, 5.41) is 6.90. The van der Waals surface area contributed by atoms with Gasteiger partial charge >= 0.3 is 0 Å². The second kappa shape index (κ2) is 8.28. The molecule has 2 saturated carbocycles. The van der Waals surface area contributed by atoms with Gasteiger partial charge in [0.05, 0.1) is 0 Å². The first-order valence-electron chi connectivity index (χ1n) is 11.0. The Bertz CT molecular complexity index is 509. The molecule has 2 atom stereocenters. The zero-order chi connectivity index (χ0) is 17.9. The molecule has 4 aliphatic rings. The minimum absolute atomic E-state index is 0.176. The largest absolute Gasteiger partial charge is 0.353 e. The van der Waals surface area contributed by atoms with Gasteiger partial charge in [0, 0.05) is 43.6 Å². The van der Waals surface area contributed by atoms with E-state index in [2.05, 4.69) is 15.5 Å². The van der Waals surface area contributed by atoms with Crippen molar-refractivity contribution in [1.29, 1.82) is 0 Å². The number of nitrogens with zero attached hydrogens (tertiary/aromatic N) is 1. The quantitative estimate of drug-likeness (QED) is 0.809. The Balaban J connectivity index is 1.20. The van der Waals surface area contributed by atoms with E-state index < -0.39 is 0 Å². The van der Waals surface area contributed by atoms with Gasteiger partial charge in [-0.3, -0.25) is 9.59 Å². The highest BCUT2D eigenvalue weighted by molar-refractivity contribution is 5.79. The lowest BCUT2D eigenvalue weighted by Crippen LogP contribution is -2.45. The fourth-order valence-corrected chi connectivity index (χ4v) is 5.65. The topological polar surface area (TPSA) is 61.4 Å². The molecule has 0 aromatic rings. The summed E-state index contributed by atoms with van der Waals surface area (Å²) in [4.78, 5) is 27.3. The SMILES string of the molecule is O=C(CC1CCCC1)NC1CCC(C(=O)N2CCC3CCC(C2)N3)CC1. The molecule has 0 spiro atoms. The van der Waals surface area contributed by atoms with E-state index >= 15 is 0 Å². The Morgan fingerprint density at radius 3 is 2.38 bits per heavy atom. The van der Waals surface area contributed by atoms with Crippen LogP contribution in [0.25, 0.3) is 0 Å². The van der Waals surface area contributed by atoms with Gasteiger partial charge in [-0.1, -0.05) is 12.8 Å². The maximum atomic E-state index is 13.0. The van der Waals surface area contributed by atoms with Gasteiger partial charge in [0.15, 0.2) is 0 Å². The number of nitrogens with one attached hydrogen (secondary N) is 2. The van der Waals surface area contributed by atoms with Crippen molar-refractivity contribution in [2.75, 3.05) is 13.1 Å². The van der Waals surface area contributed by atoms with E-state index in [-0.39, 0.29) is 17.9 Å². The van der Waals surface area contributed by atoms with Crippen LogP contribution in [0.4, 0.5) is 0 Å². The number of fused-ring (bicyclic) bond motifs is 2. The summed E-state index contributed by atoms with van der Waals surface area (Å²) in [6.07, 6.45) is 13.1. The Morgan fingerprint density at radius 2 is 1.62 bits per heavy atom. The van der Waals surface area contributed by atoms with E-state index in [0.29, 0.717) is 30.3 Å². The predicted octanol–water partition coefficient (Wildman–Crippen LogP) is 2.59. The fraction of sp³-hybridized carbons (Fsp3) is 0.905. The highest BCUT2D eigenvalue weighted by Gasteiger charge is 2.35. The van der Waals surface area contributed by atoms with Crippen LogP contribution in [0.15, 0.2) is 0 Å². The molecular formula is C21H35N3O2. The molecule has 4 rings (SSSR count). The Labute approximate surface area is 157 Å². The van der Waals surface area contributed by atoms with Gasteiger partial charge in [-0.05, 0) is 63.7 Å². The molecule has 2 heterocycles. The van der Waals surface area contributed by atoms with Crippen molar-refractivity contribution in [3.05, 3.63) is 0 Å². The first-order chi connectivity index (χ1) is 12.7. The van der Waals surface area contributed by atoms with E-state index in [1.165, 1.54) is 38.5 Å². The lowest BCUT2D eigenvalue weighted by Gasteiger charge is -2.33. The van der Waals surface area contributed by atoms with Gasteiger partial charge in [0.25, 0.3) is 0 Å². The van der Waals surface area contributed by atoms with Crippen molar-refractivity contribution in [2.45, 2.75) is 95.2 Å². The lowest BCUT2D eigenvalue weighted by atomic mass is 9.84. The molecule has 0 aromatic carbocycles. The molecule has 26 heavy (non-hydrogen) atoms. The first kappa shape index (κ1) is 18.3. The van der Waals surface area contributed by atoms with E-state index in [0.717, 1.165) is 45.2 Å². The average molecular weight is 362 g/mol. The van der Waals surface area contributed by atoms with Crippen LogP contribution in [-0.2, 0) is 9.59 Å². The molecule has 2 amide bonds. The van der Waals surface area contributed by atoms with E-state index in [9.17, 15) is 9.59 Å². The number of carbonyl (C=O) groups excluding carboxylic acids is 2. The normalized spacial score (nSPS) is 35.3. The van der Waals surface area contributed by atoms with Crippen molar-refractivity contribution in [3.8, 4) is 0 Å². The molecule has 2 N–H and O–H groups in total. The summed E-state index contributed by atoms with van der Waals surface area (Å²) in [7, 11) is 0. The summed E-state index contributed by atoms with van der Waals surface area (Å²) < 4.78 is 0. The average Bonchev–Trinajstić information content (AvgIpc) is 3.24. The zero-order valence-electron chi connectivity index (χ0n) is 16.0. The van der Waals surface area contributed by atoms with Gasteiger partial charge in [0.1, 0.15) is 0 Å². The smallest absolute Gasteiger partial charge is 0.225 e. The van der Waals surface area contributed by atoms with E-state index in [1.54, 1.807) is 0 Å². The molecule has 2 unspecified atom stereocenters. The lowest BCUT2D eigenvalue weighted by molar-refractivity contribution is -0.137. The van der Waals surface area contributed by atoms with Crippen molar-refractivity contribution in [2.24, 2.45) is 11.8 Å². The molecule has 2 aliphatic heterocycles. The van der Waals surface area contributed by atoms with Crippen LogP contribution in [0.2, 0.25) is 0 Å². The number of hydrogen-bond acceptors (Lipinski definition) is 3. The highest BCUT2D eigenvalue weighted by atomic mass is 16.2. The summed E-state index contributed by atoms with van der Waals surface area (Å²) in [5.41, 5.74) is 0. The monoisotopic (exact) mass is 361 g/mol. The molecular weight excluding hydrogens is 326 g/mol. The maximum absolute atomic E-state index is 13.0. The summed E-state index contributed by atoms with van der Waals surface area (Å²) in [5.74, 6) is 1.39. The molecule has 0 radical (unpaired) electrons. The second-order valence-corrected chi connectivity index (χ2v) is 9.18. The van der Waals surface area contributed by atoms with Crippen molar-refractivity contribution in [3.63, 3.8) is 0 Å². The standard InChI is InChI=1S/C21H35N3O2/c25-20(13-15-3-1-2-4-15)23-17-7-5-16(6-8-17)21(26)24-12-11-18-9-10-19(14-24)22-18/h15-19,22H,1-14H2,(H,23,25). The van der Waals surface area contributed by atoms with Gasteiger partial charge in [-0.2, -0.15) is 0 Å². The molecule has 146 valence electrons. The first-order valence-corrected chi connectivity index (χ1v) is 11.0. The van der Waals surface area contributed by atoms with Gasteiger partial charge < -0.3 is 15.5 Å². The number of amides is 2. The van der Waals surface area contributed by atoms with Crippen LogP contribution in [0.5, 0.6) is 0 Å². The minimum Gasteiger partial charge on any atom is -0.353 e. The van der Waals surface area contributed by atoms with Gasteiger partial charge in [-0.25, -0.2) is 0 Å². The van der Waals surface area contributed by atoms with Crippen LogP contribution < -0.4 is 10.6 Å². The number of rotatable bonds is 4. The zero-order valence-corrected chi connectivity index (χ0v) is 16.0. The third kappa shape index (κ3) is 4.41. The molecule has 2 saturated heterocycles. The highest BCUT2D eigenvalue weighted by Crippen LogP contribution is 2.30. The maximum Gasteiger partial charge on any atom is 0.225 e. The Morgan fingerprint density at radius 1 is 0.885 bits per heavy atom. The Kier molecular flexibility index (Phi) is 5.82. The predicted molar refractivity (Wildman–Crippen MR) is 102 cm³/mol. The molecule has 5 heteroatoms. The van der Waals surface area contributed by atoms with Crippen LogP contribution in [0, 0.1) is 11.8 Å². The number of carbonyl (C=O) groups is 2. The van der Waals surface area contributed by atoms with E-state index in [1.807, 2.05) is 0 Å². The molecule has 2 bridgehead atoms.